The predicted molar refractivity (Wildman–Crippen MR) is 64.9 cm³/mol. The minimum atomic E-state index is -1.07. The molecule has 7 nitrogen and oxygen atoms in total. The van der Waals surface area contributed by atoms with Crippen molar-refractivity contribution in [3.8, 4) is 17.4 Å². The molecule has 0 aliphatic carbocycles. The maximum absolute atomic E-state index is 11.1. The van der Waals surface area contributed by atoms with E-state index in [1.165, 1.54) is 37.7 Å². The fourth-order valence-electron chi connectivity index (χ4n) is 1.40. The number of carboxylic acids is 1. The quantitative estimate of drug-likeness (QED) is 0.860. The fourth-order valence-corrected chi connectivity index (χ4v) is 1.40. The lowest BCUT2D eigenvalue weighted by atomic mass is 10.2. The summed E-state index contributed by atoms with van der Waals surface area (Å²) >= 11 is 0. The second-order valence-corrected chi connectivity index (χ2v) is 3.52. The number of H-pyrrole nitrogens is 1. The number of ether oxygens (including phenoxy) is 2. The van der Waals surface area contributed by atoms with Crippen molar-refractivity contribution in [1.82, 2.24) is 9.97 Å². The van der Waals surface area contributed by atoms with Gasteiger partial charge in [-0.3, -0.25) is 4.79 Å². The molecular weight excluding hydrogens is 252 g/mol. The van der Waals surface area contributed by atoms with Crippen molar-refractivity contribution in [3.63, 3.8) is 0 Å². The Kier molecular flexibility index (Phi) is 3.46. The highest BCUT2D eigenvalue weighted by molar-refractivity contribution is 5.88. The number of hydrogen-bond donors (Lipinski definition) is 2. The maximum Gasteiger partial charge on any atom is 0.335 e. The minimum absolute atomic E-state index is 0.0723. The first kappa shape index (κ1) is 12.6. The fraction of sp³-hybridized carbons (Fsp3) is 0.0833. The normalized spacial score (nSPS) is 9.95. The van der Waals surface area contributed by atoms with Gasteiger partial charge in [0.25, 0.3) is 5.56 Å². The lowest BCUT2D eigenvalue weighted by molar-refractivity contribution is 0.0696. The molecule has 2 rings (SSSR count). The lowest BCUT2D eigenvalue weighted by Crippen LogP contribution is -2.05. The van der Waals surface area contributed by atoms with E-state index in [2.05, 4.69) is 9.97 Å². The molecule has 1 heterocycles. The summed E-state index contributed by atoms with van der Waals surface area (Å²) < 4.78 is 10.4. The number of carbonyl (C=O) groups is 1. The van der Waals surface area contributed by atoms with Crippen LogP contribution < -0.4 is 15.0 Å². The molecule has 1 aromatic heterocycles. The second-order valence-electron chi connectivity index (χ2n) is 3.52. The zero-order valence-electron chi connectivity index (χ0n) is 9.91. The highest BCUT2D eigenvalue weighted by Crippen LogP contribution is 2.31. The van der Waals surface area contributed by atoms with Crippen LogP contribution in [0.5, 0.6) is 17.4 Å². The number of benzene rings is 1. The minimum Gasteiger partial charge on any atom is -0.493 e. The van der Waals surface area contributed by atoms with Gasteiger partial charge in [-0.15, -0.1) is 0 Å². The first-order chi connectivity index (χ1) is 9.10. The molecular formula is C12H10N2O5. The smallest absolute Gasteiger partial charge is 0.335 e. The average molecular weight is 262 g/mol. The number of nitrogens with zero attached hydrogens (tertiary/aromatic N) is 1. The van der Waals surface area contributed by atoms with E-state index in [0.29, 0.717) is 0 Å². The van der Waals surface area contributed by atoms with Gasteiger partial charge >= 0.3 is 5.97 Å². The van der Waals surface area contributed by atoms with Crippen LogP contribution in [-0.4, -0.2) is 28.2 Å². The number of hydrogen-bond acceptors (Lipinski definition) is 5. The SMILES string of the molecule is COc1cc(C(=O)O)ccc1Oc1cc(=O)[nH]cn1. The van der Waals surface area contributed by atoms with Gasteiger partial charge < -0.3 is 19.6 Å². The van der Waals surface area contributed by atoms with Crippen LogP contribution in [-0.2, 0) is 0 Å². The van der Waals surface area contributed by atoms with Crippen LogP contribution in [0.3, 0.4) is 0 Å². The van der Waals surface area contributed by atoms with Crippen LogP contribution in [0, 0.1) is 0 Å². The first-order valence-corrected chi connectivity index (χ1v) is 5.24. The van der Waals surface area contributed by atoms with Crippen LogP contribution in [0.1, 0.15) is 10.4 Å². The molecule has 0 aliphatic rings. The molecule has 2 aromatic rings. The van der Waals surface area contributed by atoms with Crippen molar-refractivity contribution in [2.75, 3.05) is 7.11 Å². The monoisotopic (exact) mass is 262 g/mol. The molecule has 98 valence electrons. The molecule has 0 unspecified atom stereocenters. The Balaban J connectivity index is 2.35. The third-order valence-corrected chi connectivity index (χ3v) is 2.28. The van der Waals surface area contributed by atoms with E-state index in [0.717, 1.165) is 0 Å². The number of aromatic carboxylic acids is 1. The number of aromatic amines is 1. The number of rotatable bonds is 4. The molecule has 1 aromatic carbocycles. The molecule has 0 atom stereocenters. The summed E-state index contributed by atoms with van der Waals surface area (Å²) in [6, 6.07) is 5.30. The Morgan fingerprint density at radius 1 is 1.32 bits per heavy atom. The predicted octanol–water partition coefficient (Wildman–Crippen LogP) is 1.27. The molecule has 0 saturated carbocycles. The molecule has 2 N–H and O–H groups in total. The number of methoxy groups -OCH3 is 1. The summed E-state index contributed by atoms with van der Waals surface area (Å²) in [7, 11) is 1.39. The molecule has 0 amide bonds. The van der Waals surface area contributed by atoms with Gasteiger partial charge in [0.2, 0.25) is 5.88 Å². The molecule has 0 fully saturated rings. The molecule has 0 radical (unpaired) electrons. The summed E-state index contributed by atoms with van der Waals surface area (Å²) in [5.41, 5.74) is -0.283. The van der Waals surface area contributed by atoms with Crippen molar-refractivity contribution in [2.24, 2.45) is 0 Å². The molecule has 0 bridgehead atoms. The summed E-state index contributed by atoms with van der Waals surface area (Å²) in [5, 5.41) is 8.87. The van der Waals surface area contributed by atoms with Crippen LogP contribution in [0.2, 0.25) is 0 Å². The van der Waals surface area contributed by atoms with E-state index in [9.17, 15) is 9.59 Å². The van der Waals surface area contributed by atoms with Gasteiger partial charge in [-0.1, -0.05) is 0 Å². The van der Waals surface area contributed by atoms with Gasteiger partial charge in [-0.25, -0.2) is 9.78 Å². The van der Waals surface area contributed by atoms with E-state index in [4.69, 9.17) is 14.6 Å². The molecule has 0 spiro atoms. The van der Waals surface area contributed by atoms with E-state index in [1.807, 2.05) is 0 Å². The Labute approximate surface area is 107 Å². The third-order valence-electron chi connectivity index (χ3n) is 2.28. The van der Waals surface area contributed by atoms with E-state index in [-0.39, 0.29) is 28.5 Å². The zero-order valence-corrected chi connectivity index (χ0v) is 9.91. The third kappa shape index (κ3) is 2.89. The van der Waals surface area contributed by atoms with Crippen molar-refractivity contribution < 1.29 is 19.4 Å². The summed E-state index contributed by atoms with van der Waals surface area (Å²) in [6.07, 6.45) is 1.20. The van der Waals surface area contributed by atoms with Crippen LogP contribution in [0.15, 0.2) is 35.4 Å². The van der Waals surface area contributed by atoms with Crippen LogP contribution in [0.4, 0.5) is 0 Å². The molecule has 0 saturated heterocycles. The topological polar surface area (TPSA) is 102 Å². The van der Waals surface area contributed by atoms with Crippen molar-refractivity contribution in [1.29, 1.82) is 0 Å². The van der Waals surface area contributed by atoms with Gasteiger partial charge in [-0.05, 0) is 18.2 Å². The Hall–Kier alpha value is -2.83. The summed E-state index contributed by atoms with van der Waals surface area (Å²) in [5.74, 6) is -0.475. The highest BCUT2D eigenvalue weighted by atomic mass is 16.5. The Bertz CT molecular complexity index is 665. The first-order valence-electron chi connectivity index (χ1n) is 5.24. The van der Waals surface area contributed by atoms with Crippen LogP contribution >= 0.6 is 0 Å². The number of nitrogens with one attached hydrogen (secondary N) is 1. The standard InChI is InChI=1S/C12H10N2O5/c1-18-9-4-7(12(16)17)2-3-8(9)19-11-5-10(15)13-6-14-11/h2-6H,1H3,(H,16,17)(H,13,14,15). The zero-order chi connectivity index (χ0) is 13.8. The average Bonchev–Trinajstić information content (AvgIpc) is 2.39. The Morgan fingerprint density at radius 2 is 2.11 bits per heavy atom. The van der Waals surface area contributed by atoms with E-state index >= 15 is 0 Å². The molecule has 0 aliphatic heterocycles. The van der Waals surface area contributed by atoms with Crippen molar-refractivity contribution in [3.05, 3.63) is 46.5 Å². The van der Waals surface area contributed by atoms with Crippen LogP contribution in [0.25, 0.3) is 0 Å². The van der Waals surface area contributed by atoms with E-state index in [1.54, 1.807) is 0 Å². The molecule has 7 heteroatoms. The Morgan fingerprint density at radius 3 is 2.74 bits per heavy atom. The number of aromatic nitrogens is 2. The maximum atomic E-state index is 11.1. The summed E-state index contributed by atoms with van der Waals surface area (Å²) in [4.78, 5) is 28.1. The second kappa shape index (κ2) is 5.21. The lowest BCUT2D eigenvalue weighted by Gasteiger charge is -2.09. The largest absolute Gasteiger partial charge is 0.493 e. The number of carboxylic acid groups (broad SMARTS) is 1. The highest BCUT2D eigenvalue weighted by Gasteiger charge is 2.11. The molecule has 19 heavy (non-hydrogen) atoms. The summed E-state index contributed by atoms with van der Waals surface area (Å²) in [6.45, 7) is 0. The van der Waals surface area contributed by atoms with Gasteiger partial charge in [0.1, 0.15) is 0 Å². The van der Waals surface area contributed by atoms with Crippen molar-refractivity contribution in [2.45, 2.75) is 0 Å². The van der Waals surface area contributed by atoms with Crippen molar-refractivity contribution >= 4 is 5.97 Å². The van der Waals surface area contributed by atoms with Gasteiger partial charge in [0, 0.05) is 0 Å². The van der Waals surface area contributed by atoms with E-state index < -0.39 is 5.97 Å². The van der Waals surface area contributed by atoms with Gasteiger partial charge in [0.05, 0.1) is 25.1 Å². The van der Waals surface area contributed by atoms with Gasteiger partial charge in [-0.2, -0.15) is 0 Å². The van der Waals surface area contributed by atoms with Gasteiger partial charge in [0.15, 0.2) is 11.5 Å².